The first kappa shape index (κ1) is 28.4. The molecular weight excluding hydrogens is 504 g/mol. The predicted molar refractivity (Wildman–Crippen MR) is 137 cm³/mol. The van der Waals surface area contributed by atoms with E-state index in [0.29, 0.717) is 15.6 Å². The highest BCUT2D eigenvalue weighted by atomic mass is 32.2. The second kappa shape index (κ2) is 12.4. The number of hydrogen-bond donors (Lipinski definition) is 1. The molecule has 37 heavy (non-hydrogen) atoms. The molecule has 8 nitrogen and oxygen atoms in total. The summed E-state index contributed by atoms with van der Waals surface area (Å²) in [6.45, 7) is 0.887. The van der Waals surface area contributed by atoms with Crippen LogP contribution in [0.3, 0.4) is 0 Å². The van der Waals surface area contributed by atoms with Gasteiger partial charge in [-0.3, -0.25) is 13.9 Å². The maximum Gasteiger partial charge on any atom is 0.244 e. The number of ether oxygens (including phenoxy) is 1. The lowest BCUT2D eigenvalue weighted by Crippen LogP contribution is -2.53. The molecule has 1 fully saturated rings. The number of nitrogens with one attached hydrogen (secondary N) is 1. The number of nitrogens with zero attached hydrogens (tertiary/aromatic N) is 2. The van der Waals surface area contributed by atoms with Gasteiger partial charge in [0.25, 0.3) is 0 Å². The topological polar surface area (TPSA) is 96.0 Å². The van der Waals surface area contributed by atoms with Crippen molar-refractivity contribution in [3.05, 3.63) is 59.7 Å². The average Bonchev–Trinajstić information content (AvgIpc) is 2.87. The lowest BCUT2D eigenvalue weighted by molar-refractivity contribution is -0.139. The second-order valence-corrected chi connectivity index (χ2v) is 11.2. The van der Waals surface area contributed by atoms with Crippen LogP contribution in [-0.4, -0.2) is 57.1 Å². The molecule has 2 aromatic carbocycles. The predicted octanol–water partition coefficient (Wildman–Crippen LogP) is 3.61. The van der Waals surface area contributed by atoms with Crippen LogP contribution in [0.25, 0.3) is 0 Å². The van der Waals surface area contributed by atoms with Gasteiger partial charge in [0.05, 0.1) is 19.1 Å². The van der Waals surface area contributed by atoms with Crippen LogP contribution in [0.4, 0.5) is 14.5 Å². The summed E-state index contributed by atoms with van der Waals surface area (Å²) in [7, 11) is -2.54. The van der Waals surface area contributed by atoms with Crippen molar-refractivity contribution < 1.29 is 31.5 Å². The standard InChI is InChI=1S/C26H33F2N3O5S/c1-18(26(33)29-20-9-5-4-6-10-20)30(16-19-8-7-11-22(14-19)36-2)25(32)17-31(37(3,34)35)21-12-13-23(27)24(28)15-21/h7-8,11-15,18,20H,4-6,9-10,16-17H2,1-3H3,(H,29,33)/t18-/m1/s1. The number of hydrogen-bond acceptors (Lipinski definition) is 5. The van der Waals surface area contributed by atoms with Crippen molar-refractivity contribution >= 4 is 27.5 Å². The third-order valence-electron chi connectivity index (χ3n) is 6.48. The van der Waals surface area contributed by atoms with Crippen molar-refractivity contribution in [3.63, 3.8) is 0 Å². The molecule has 0 unspecified atom stereocenters. The van der Waals surface area contributed by atoms with Gasteiger partial charge in [0.1, 0.15) is 18.3 Å². The normalized spacial score (nSPS) is 15.1. The van der Waals surface area contributed by atoms with Crippen LogP contribution < -0.4 is 14.4 Å². The fourth-order valence-electron chi connectivity index (χ4n) is 4.37. The number of rotatable bonds is 10. The fraction of sp³-hybridized carbons (Fsp3) is 0.462. The van der Waals surface area contributed by atoms with Crippen LogP contribution in [-0.2, 0) is 26.2 Å². The Morgan fingerprint density at radius 3 is 2.41 bits per heavy atom. The summed E-state index contributed by atoms with van der Waals surface area (Å²) in [5.74, 6) is -2.85. The largest absolute Gasteiger partial charge is 0.497 e. The van der Waals surface area contributed by atoms with Crippen molar-refractivity contribution in [2.75, 3.05) is 24.2 Å². The summed E-state index contributed by atoms with van der Waals surface area (Å²) in [5.41, 5.74) is 0.471. The molecule has 0 bridgehead atoms. The summed E-state index contributed by atoms with van der Waals surface area (Å²) in [4.78, 5) is 28.0. The molecule has 2 aromatic rings. The zero-order chi connectivity index (χ0) is 27.2. The van der Waals surface area contributed by atoms with Gasteiger partial charge in [-0.2, -0.15) is 0 Å². The molecule has 0 aliphatic heterocycles. The van der Waals surface area contributed by atoms with Gasteiger partial charge in [-0.05, 0) is 49.6 Å². The molecular formula is C26H33F2N3O5S. The lowest BCUT2D eigenvalue weighted by atomic mass is 9.95. The quantitative estimate of drug-likeness (QED) is 0.500. The Bertz CT molecular complexity index is 1220. The zero-order valence-corrected chi connectivity index (χ0v) is 22.1. The van der Waals surface area contributed by atoms with Gasteiger partial charge in [0.2, 0.25) is 21.8 Å². The molecule has 2 amide bonds. The fourth-order valence-corrected chi connectivity index (χ4v) is 5.21. The molecule has 0 radical (unpaired) electrons. The monoisotopic (exact) mass is 537 g/mol. The van der Waals surface area contributed by atoms with Crippen molar-refractivity contribution in [2.24, 2.45) is 0 Å². The first-order valence-electron chi connectivity index (χ1n) is 12.1. The summed E-state index contributed by atoms with van der Waals surface area (Å²) >= 11 is 0. The van der Waals surface area contributed by atoms with E-state index in [-0.39, 0.29) is 24.2 Å². The highest BCUT2D eigenvalue weighted by Gasteiger charge is 2.31. The van der Waals surface area contributed by atoms with E-state index < -0.39 is 40.2 Å². The van der Waals surface area contributed by atoms with Crippen LogP contribution in [0, 0.1) is 11.6 Å². The van der Waals surface area contributed by atoms with Crippen LogP contribution in [0.1, 0.15) is 44.6 Å². The van der Waals surface area contributed by atoms with Gasteiger partial charge in [-0.1, -0.05) is 31.4 Å². The molecule has 1 atom stereocenters. The molecule has 11 heteroatoms. The van der Waals surface area contributed by atoms with Crippen molar-refractivity contribution in [2.45, 2.75) is 57.7 Å². The number of sulfonamides is 1. The number of benzene rings is 2. The minimum Gasteiger partial charge on any atom is -0.497 e. The molecule has 3 rings (SSSR count). The third-order valence-corrected chi connectivity index (χ3v) is 7.62. The molecule has 202 valence electrons. The number of anilines is 1. The lowest BCUT2D eigenvalue weighted by Gasteiger charge is -2.33. The van der Waals surface area contributed by atoms with E-state index in [1.54, 1.807) is 31.2 Å². The molecule has 0 heterocycles. The molecule has 1 aliphatic carbocycles. The Morgan fingerprint density at radius 2 is 1.78 bits per heavy atom. The van der Waals surface area contributed by atoms with Crippen LogP contribution in [0.5, 0.6) is 5.75 Å². The minimum absolute atomic E-state index is 0.00463. The van der Waals surface area contributed by atoms with E-state index >= 15 is 0 Å². The number of carbonyl (C=O) groups excluding carboxylic acids is 2. The van der Waals surface area contributed by atoms with Crippen molar-refractivity contribution in [1.29, 1.82) is 0 Å². The smallest absolute Gasteiger partial charge is 0.244 e. The Morgan fingerprint density at radius 1 is 1.08 bits per heavy atom. The average molecular weight is 538 g/mol. The summed E-state index contributed by atoms with van der Waals surface area (Å²) in [5, 5.41) is 3.01. The van der Waals surface area contributed by atoms with E-state index in [9.17, 15) is 26.8 Å². The SMILES string of the molecule is COc1cccc(CN(C(=O)CN(c2ccc(F)c(F)c2)S(C)(=O)=O)[C@H](C)C(=O)NC2CCCCC2)c1. The molecule has 1 saturated carbocycles. The first-order chi connectivity index (χ1) is 17.5. The van der Waals surface area contributed by atoms with Gasteiger partial charge >= 0.3 is 0 Å². The van der Waals surface area contributed by atoms with Gasteiger partial charge in [0.15, 0.2) is 11.6 Å². The van der Waals surface area contributed by atoms with Crippen LogP contribution in [0.2, 0.25) is 0 Å². The van der Waals surface area contributed by atoms with Gasteiger partial charge < -0.3 is 15.0 Å². The van der Waals surface area contributed by atoms with E-state index in [4.69, 9.17) is 4.74 Å². The van der Waals surface area contributed by atoms with Crippen molar-refractivity contribution in [3.8, 4) is 5.75 Å². The van der Waals surface area contributed by atoms with Gasteiger partial charge in [-0.25, -0.2) is 17.2 Å². The zero-order valence-electron chi connectivity index (χ0n) is 21.2. The summed E-state index contributed by atoms with van der Waals surface area (Å²) < 4.78 is 58.4. The van der Waals surface area contributed by atoms with E-state index in [1.165, 1.54) is 12.0 Å². The number of methoxy groups -OCH3 is 1. The molecule has 1 N–H and O–H groups in total. The molecule has 0 aromatic heterocycles. The Kier molecular flexibility index (Phi) is 9.47. The van der Waals surface area contributed by atoms with E-state index in [2.05, 4.69) is 5.32 Å². The maximum atomic E-state index is 13.9. The van der Waals surface area contributed by atoms with E-state index in [0.717, 1.165) is 56.6 Å². The number of halogens is 2. The Labute approximate surface area is 216 Å². The summed E-state index contributed by atoms with van der Waals surface area (Å²) in [6, 6.07) is 8.65. The van der Waals surface area contributed by atoms with Crippen LogP contribution in [0.15, 0.2) is 42.5 Å². The molecule has 0 spiro atoms. The second-order valence-electron chi connectivity index (χ2n) is 9.26. The number of carbonyl (C=O) groups is 2. The minimum atomic E-state index is -4.05. The number of amides is 2. The van der Waals surface area contributed by atoms with Crippen molar-refractivity contribution in [1.82, 2.24) is 10.2 Å². The summed E-state index contributed by atoms with van der Waals surface area (Å²) in [6.07, 6.45) is 5.74. The maximum absolute atomic E-state index is 13.9. The highest BCUT2D eigenvalue weighted by molar-refractivity contribution is 7.92. The van der Waals surface area contributed by atoms with E-state index in [1.807, 2.05) is 0 Å². The van der Waals surface area contributed by atoms with Gasteiger partial charge in [-0.15, -0.1) is 0 Å². The molecule has 0 saturated heterocycles. The third kappa shape index (κ3) is 7.64. The van der Waals surface area contributed by atoms with Crippen LogP contribution >= 0.6 is 0 Å². The first-order valence-corrected chi connectivity index (χ1v) is 14.0. The molecule has 1 aliphatic rings. The Hall–Kier alpha value is -3.21. The highest BCUT2D eigenvalue weighted by Crippen LogP contribution is 2.23. The van der Waals surface area contributed by atoms with Gasteiger partial charge in [0, 0.05) is 18.7 Å². The Balaban J connectivity index is 1.89.